The highest BCUT2D eigenvalue weighted by molar-refractivity contribution is 7.98. The number of benzene rings is 1. The number of carboxylic acid groups (broad SMARTS) is 1. The van der Waals surface area contributed by atoms with Crippen LogP contribution in [0.3, 0.4) is 0 Å². The molecule has 3 N–H and O–H groups in total. The molecule has 0 heterocycles. The summed E-state index contributed by atoms with van der Waals surface area (Å²) in [5, 5.41) is 14.2. The average molecular weight is 352 g/mol. The SMILES string of the molecule is CCC(NC(=O)C(CCSC)NC(=O)Cc1ccccc1)C(=O)O. The predicted molar refractivity (Wildman–Crippen MR) is 94.9 cm³/mol. The average Bonchev–Trinajstić information content (AvgIpc) is 2.56. The van der Waals surface area contributed by atoms with Gasteiger partial charge in [-0.3, -0.25) is 9.59 Å². The number of nitrogens with one attached hydrogen (secondary N) is 2. The van der Waals surface area contributed by atoms with E-state index in [-0.39, 0.29) is 18.7 Å². The van der Waals surface area contributed by atoms with E-state index in [1.165, 1.54) is 0 Å². The quantitative estimate of drug-likeness (QED) is 0.592. The van der Waals surface area contributed by atoms with E-state index in [1.54, 1.807) is 18.7 Å². The van der Waals surface area contributed by atoms with Crippen molar-refractivity contribution in [2.24, 2.45) is 0 Å². The summed E-state index contributed by atoms with van der Waals surface area (Å²) in [6.07, 6.45) is 2.82. The monoisotopic (exact) mass is 352 g/mol. The van der Waals surface area contributed by atoms with Crippen LogP contribution in [0.5, 0.6) is 0 Å². The van der Waals surface area contributed by atoms with Crippen LogP contribution < -0.4 is 10.6 Å². The molecule has 2 atom stereocenters. The van der Waals surface area contributed by atoms with Crippen LogP contribution in [0.1, 0.15) is 25.3 Å². The van der Waals surface area contributed by atoms with Gasteiger partial charge in [-0.2, -0.15) is 11.8 Å². The lowest BCUT2D eigenvalue weighted by molar-refractivity contribution is -0.142. The third kappa shape index (κ3) is 7.04. The van der Waals surface area contributed by atoms with E-state index in [0.717, 1.165) is 5.56 Å². The molecule has 6 nitrogen and oxygen atoms in total. The lowest BCUT2D eigenvalue weighted by Crippen LogP contribution is -2.51. The second-order valence-electron chi connectivity index (χ2n) is 5.37. The molecule has 1 aromatic rings. The topological polar surface area (TPSA) is 95.5 Å². The van der Waals surface area contributed by atoms with E-state index in [0.29, 0.717) is 12.2 Å². The van der Waals surface area contributed by atoms with Gasteiger partial charge < -0.3 is 15.7 Å². The molecule has 1 rings (SSSR count). The van der Waals surface area contributed by atoms with Crippen LogP contribution in [-0.2, 0) is 20.8 Å². The first-order valence-electron chi connectivity index (χ1n) is 7.83. The molecule has 132 valence electrons. The highest BCUT2D eigenvalue weighted by Crippen LogP contribution is 2.05. The van der Waals surface area contributed by atoms with Crippen LogP contribution in [-0.4, -0.2) is 47.0 Å². The molecule has 0 aliphatic rings. The molecule has 0 spiro atoms. The Labute approximate surface area is 146 Å². The van der Waals surface area contributed by atoms with Crippen LogP contribution in [0.15, 0.2) is 30.3 Å². The van der Waals surface area contributed by atoms with Gasteiger partial charge in [0.05, 0.1) is 6.42 Å². The Kier molecular flexibility index (Phi) is 8.93. The van der Waals surface area contributed by atoms with Crippen molar-refractivity contribution in [1.82, 2.24) is 10.6 Å². The largest absolute Gasteiger partial charge is 0.480 e. The second kappa shape index (κ2) is 10.7. The Morgan fingerprint density at radius 1 is 1.12 bits per heavy atom. The summed E-state index contributed by atoms with van der Waals surface area (Å²) in [4.78, 5) is 35.5. The zero-order valence-electron chi connectivity index (χ0n) is 14.0. The summed E-state index contributed by atoms with van der Waals surface area (Å²) in [5.41, 5.74) is 0.857. The summed E-state index contributed by atoms with van der Waals surface area (Å²) in [7, 11) is 0. The van der Waals surface area contributed by atoms with E-state index >= 15 is 0 Å². The Balaban J connectivity index is 2.67. The molecule has 24 heavy (non-hydrogen) atoms. The smallest absolute Gasteiger partial charge is 0.326 e. The Bertz CT molecular complexity index is 551. The fourth-order valence-corrected chi connectivity index (χ4v) is 2.61. The normalized spacial score (nSPS) is 12.9. The van der Waals surface area contributed by atoms with Crippen molar-refractivity contribution in [3.05, 3.63) is 35.9 Å². The number of hydrogen-bond donors (Lipinski definition) is 3. The van der Waals surface area contributed by atoms with Crippen molar-refractivity contribution in [3.63, 3.8) is 0 Å². The number of carboxylic acids is 1. The molecule has 2 amide bonds. The predicted octanol–water partition coefficient (Wildman–Crippen LogP) is 1.45. The molecule has 0 saturated heterocycles. The van der Waals surface area contributed by atoms with Crippen molar-refractivity contribution >= 4 is 29.5 Å². The van der Waals surface area contributed by atoms with Crippen molar-refractivity contribution in [3.8, 4) is 0 Å². The number of rotatable bonds is 10. The molecule has 0 fully saturated rings. The maximum Gasteiger partial charge on any atom is 0.326 e. The molecular formula is C17H24N2O4S. The molecule has 1 aromatic carbocycles. The van der Waals surface area contributed by atoms with E-state index in [1.807, 2.05) is 36.6 Å². The van der Waals surface area contributed by atoms with E-state index < -0.39 is 24.0 Å². The van der Waals surface area contributed by atoms with Crippen LogP contribution in [0.25, 0.3) is 0 Å². The molecule has 0 aromatic heterocycles. The van der Waals surface area contributed by atoms with Gasteiger partial charge in [0.1, 0.15) is 12.1 Å². The number of carbonyl (C=O) groups excluding carboxylic acids is 2. The molecular weight excluding hydrogens is 328 g/mol. The first-order chi connectivity index (χ1) is 11.5. The van der Waals surface area contributed by atoms with Gasteiger partial charge in [-0.15, -0.1) is 0 Å². The minimum Gasteiger partial charge on any atom is -0.480 e. The van der Waals surface area contributed by atoms with Crippen molar-refractivity contribution < 1.29 is 19.5 Å². The fraction of sp³-hybridized carbons (Fsp3) is 0.471. The standard InChI is InChI=1S/C17H24N2O4S/c1-3-13(17(22)23)19-16(21)14(9-10-24-2)18-15(20)11-12-7-5-4-6-8-12/h4-8,13-14H,3,9-11H2,1-2H3,(H,18,20)(H,19,21)(H,22,23). The summed E-state index contributed by atoms with van der Waals surface area (Å²) in [6, 6.07) is 7.57. The maximum atomic E-state index is 12.3. The van der Waals surface area contributed by atoms with Crippen molar-refractivity contribution in [2.45, 2.75) is 38.3 Å². The zero-order valence-corrected chi connectivity index (χ0v) is 14.8. The van der Waals surface area contributed by atoms with Gasteiger partial charge in [-0.1, -0.05) is 37.3 Å². The fourth-order valence-electron chi connectivity index (χ4n) is 2.14. The molecule has 0 radical (unpaired) electrons. The second-order valence-corrected chi connectivity index (χ2v) is 6.36. The lowest BCUT2D eigenvalue weighted by Gasteiger charge is -2.20. The highest BCUT2D eigenvalue weighted by Gasteiger charge is 2.25. The summed E-state index contributed by atoms with van der Waals surface area (Å²) in [6.45, 7) is 1.68. The van der Waals surface area contributed by atoms with E-state index in [4.69, 9.17) is 5.11 Å². The third-order valence-corrected chi connectivity index (χ3v) is 4.14. The number of thioether (sulfide) groups is 1. The first-order valence-corrected chi connectivity index (χ1v) is 9.22. The van der Waals surface area contributed by atoms with Gasteiger partial charge >= 0.3 is 5.97 Å². The summed E-state index contributed by atoms with van der Waals surface area (Å²) >= 11 is 1.56. The summed E-state index contributed by atoms with van der Waals surface area (Å²) in [5.74, 6) is -1.11. The molecule has 0 saturated carbocycles. The van der Waals surface area contributed by atoms with Gasteiger partial charge in [0.2, 0.25) is 11.8 Å². The zero-order chi connectivity index (χ0) is 17.9. The Hall–Kier alpha value is -2.02. The molecule has 7 heteroatoms. The van der Waals surface area contributed by atoms with Gasteiger partial charge in [0, 0.05) is 0 Å². The van der Waals surface area contributed by atoms with Gasteiger partial charge in [0.15, 0.2) is 0 Å². The minimum absolute atomic E-state index is 0.181. The number of amides is 2. The van der Waals surface area contributed by atoms with Gasteiger partial charge in [-0.25, -0.2) is 4.79 Å². The molecule has 2 unspecified atom stereocenters. The van der Waals surface area contributed by atoms with Crippen LogP contribution >= 0.6 is 11.8 Å². The Morgan fingerprint density at radius 3 is 2.33 bits per heavy atom. The molecule has 0 aliphatic carbocycles. The number of aliphatic carboxylic acids is 1. The van der Waals surface area contributed by atoms with Crippen molar-refractivity contribution in [2.75, 3.05) is 12.0 Å². The van der Waals surface area contributed by atoms with E-state index in [9.17, 15) is 14.4 Å². The number of carbonyl (C=O) groups is 3. The van der Waals surface area contributed by atoms with Crippen LogP contribution in [0, 0.1) is 0 Å². The molecule has 0 aliphatic heterocycles. The van der Waals surface area contributed by atoms with Crippen molar-refractivity contribution in [1.29, 1.82) is 0 Å². The molecule has 0 bridgehead atoms. The van der Waals surface area contributed by atoms with Crippen LogP contribution in [0.4, 0.5) is 0 Å². The third-order valence-electron chi connectivity index (χ3n) is 3.49. The lowest BCUT2D eigenvalue weighted by atomic mass is 10.1. The Morgan fingerprint density at radius 2 is 1.79 bits per heavy atom. The maximum absolute atomic E-state index is 12.3. The number of hydrogen-bond acceptors (Lipinski definition) is 4. The highest BCUT2D eigenvalue weighted by atomic mass is 32.2. The first kappa shape index (κ1) is 20.0. The van der Waals surface area contributed by atoms with E-state index in [2.05, 4.69) is 10.6 Å². The van der Waals surface area contributed by atoms with Gasteiger partial charge in [-0.05, 0) is 30.4 Å². The summed E-state index contributed by atoms with van der Waals surface area (Å²) < 4.78 is 0. The van der Waals surface area contributed by atoms with Gasteiger partial charge in [0.25, 0.3) is 0 Å². The van der Waals surface area contributed by atoms with Crippen LogP contribution in [0.2, 0.25) is 0 Å². The minimum atomic E-state index is -1.08.